The molecule has 8 atom stereocenters. The molecule has 0 unspecified atom stereocenters. The van der Waals surface area contributed by atoms with Crippen molar-refractivity contribution >= 4 is 11.8 Å². The maximum atomic E-state index is 14.3. The minimum Gasteiger partial charge on any atom is -0.521 e. The molecule has 5 aliphatic carbocycles. The standard InChI is InChI=1S/C31H43NO5/c1-26(2)11-13-31(25(35)37-8)14-12-29(5)23(18(31)16-26)20(33)15-22-27(3)17-19(32-7)24(34)30(6,36)21(27)9-10-28(22,29)4/h15,18,21,23,34,36H,9-14,16-17H2,1-6,8H3/t18-,21+,23-,27-,28+,29+,30+,31-/m0/s1. The van der Waals surface area contributed by atoms with Gasteiger partial charge < -0.3 is 14.9 Å². The van der Waals surface area contributed by atoms with Gasteiger partial charge in [0, 0.05) is 11.8 Å². The molecule has 0 aromatic heterocycles. The second-order valence-corrected chi connectivity index (χ2v) is 14.6. The van der Waals surface area contributed by atoms with Crippen molar-refractivity contribution in [3.63, 3.8) is 0 Å². The topological polar surface area (TPSA) is 88.2 Å². The quantitative estimate of drug-likeness (QED) is 0.326. The van der Waals surface area contributed by atoms with Crippen LogP contribution in [0.5, 0.6) is 0 Å². The van der Waals surface area contributed by atoms with Crippen molar-refractivity contribution in [1.29, 1.82) is 0 Å². The SMILES string of the molecule is [C-]#[N+]C1=C(O)[C@](C)(O)[C@@H]2CC[C@]3(C)C(=CC(=O)[C@@H]4[C@@H]5CC(C)(C)CC[C@]5(C(=O)OC)CC[C@]43C)[C@@]2(C)C1. The predicted molar refractivity (Wildman–Crippen MR) is 140 cm³/mol. The molecular formula is C31H43NO5. The molecule has 3 fully saturated rings. The average Bonchev–Trinajstić information content (AvgIpc) is 2.82. The van der Waals surface area contributed by atoms with Gasteiger partial charge in [-0.25, -0.2) is 4.85 Å². The van der Waals surface area contributed by atoms with Gasteiger partial charge >= 0.3 is 5.97 Å². The third-order valence-corrected chi connectivity index (χ3v) is 12.4. The summed E-state index contributed by atoms with van der Waals surface area (Å²) in [6, 6.07) is 0. The lowest BCUT2D eigenvalue weighted by Gasteiger charge is -2.69. The Bertz CT molecular complexity index is 1170. The summed E-state index contributed by atoms with van der Waals surface area (Å²) in [7, 11) is 1.47. The van der Waals surface area contributed by atoms with E-state index in [0.717, 1.165) is 44.1 Å². The molecule has 0 aromatic rings. The Morgan fingerprint density at radius 3 is 2.35 bits per heavy atom. The van der Waals surface area contributed by atoms with Gasteiger partial charge in [-0.15, -0.1) is 0 Å². The van der Waals surface area contributed by atoms with Crippen LogP contribution in [0.15, 0.2) is 23.1 Å². The molecular weight excluding hydrogens is 466 g/mol. The maximum Gasteiger partial charge on any atom is 0.312 e. The summed E-state index contributed by atoms with van der Waals surface area (Å²) < 4.78 is 5.39. The van der Waals surface area contributed by atoms with E-state index in [9.17, 15) is 19.8 Å². The lowest BCUT2D eigenvalue weighted by atomic mass is 9.34. The van der Waals surface area contributed by atoms with Crippen molar-refractivity contribution in [3.05, 3.63) is 34.5 Å². The molecule has 6 heteroatoms. The van der Waals surface area contributed by atoms with Crippen molar-refractivity contribution in [2.75, 3.05) is 7.11 Å². The molecule has 2 N–H and O–H groups in total. The van der Waals surface area contributed by atoms with Crippen LogP contribution in [0.25, 0.3) is 4.85 Å². The van der Waals surface area contributed by atoms with Crippen LogP contribution in [0, 0.1) is 51.4 Å². The van der Waals surface area contributed by atoms with E-state index in [4.69, 9.17) is 11.3 Å². The van der Waals surface area contributed by atoms with E-state index >= 15 is 0 Å². The van der Waals surface area contributed by atoms with E-state index in [1.807, 2.05) is 6.08 Å². The van der Waals surface area contributed by atoms with Crippen LogP contribution in [0.3, 0.4) is 0 Å². The van der Waals surface area contributed by atoms with E-state index < -0.39 is 16.4 Å². The van der Waals surface area contributed by atoms with Crippen LogP contribution in [0.4, 0.5) is 0 Å². The number of fused-ring (bicyclic) bond motifs is 7. The second kappa shape index (κ2) is 7.72. The van der Waals surface area contributed by atoms with Gasteiger partial charge in [0.05, 0.1) is 19.1 Å². The zero-order valence-corrected chi connectivity index (χ0v) is 23.5. The first-order valence-corrected chi connectivity index (χ1v) is 13.9. The zero-order chi connectivity index (χ0) is 27.4. The van der Waals surface area contributed by atoms with Crippen LogP contribution < -0.4 is 0 Å². The molecule has 202 valence electrons. The molecule has 37 heavy (non-hydrogen) atoms. The van der Waals surface area contributed by atoms with Gasteiger partial charge in [0.15, 0.2) is 5.78 Å². The fraction of sp³-hybridized carbons (Fsp3) is 0.774. The maximum absolute atomic E-state index is 14.3. The number of hydrogen-bond acceptors (Lipinski definition) is 5. The molecule has 0 bridgehead atoms. The monoisotopic (exact) mass is 509 g/mol. The highest BCUT2D eigenvalue weighted by Crippen LogP contribution is 2.74. The summed E-state index contributed by atoms with van der Waals surface area (Å²) in [6.45, 7) is 20.4. The Morgan fingerprint density at radius 1 is 1.08 bits per heavy atom. The van der Waals surface area contributed by atoms with Crippen molar-refractivity contribution in [2.24, 2.45) is 44.8 Å². The van der Waals surface area contributed by atoms with Gasteiger partial charge in [0.25, 0.3) is 0 Å². The van der Waals surface area contributed by atoms with Crippen LogP contribution in [-0.4, -0.2) is 34.7 Å². The van der Waals surface area contributed by atoms with Crippen molar-refractivity contribution < 1.29 is 24.5 Å². The highest BCUT2D eigenvalue weighted by atomic mass is 16.5. The number of aliphatic hydroxyl groups is 2. The molecule has 0 aromatic carbocycles. The number of aliphatic hydroxyl groups excluding tert-OH is 1. The Balaban J connectivity index is 1.68. The summed E-state index contributed by atoms with van der Waals surface area (Å²) in [5.74, 6) is -0.941. The van der Waals surface area contributed by atoms with Gasteiger partial charge in [-0.3, -0.25) is 9.59 Å². The Kier molecular flexibility index (Phi) is 5.52. The van der Waals surface area contributed by atoms with E-state index in [1.165, 1.54) is 7.11 Å². The van der Waals surface area contributed by atoms with Gasteiger partial charge in [0.1, 0.15) is 11.4 Å². The summed E-state index contributed by atoms with van der Waals surface area (Å²) in [4.78, 5) is 31.3. The zero-order valence-electron chi connectivity index (χ0n) is 23.5. The highest BCUT2D eigenvalue weighted by Gasteiger charge is 2.71. The minimum atomic E-state index is -1.52. The van der Waals surface area contributed by atoms with Gasteiger partial charge in [-0.05, 0) is 91.9 Å². The number of hydrogen-bond donors (Lipinski definition) is 2. The van der Waals surface area contributed by atoms with E-state index in [-0.39, 0.29) is 57.2 Å². The number of ether oxygens (including phenoxy) is 1. The van der Waals surface area contributed by atoms with Gasteiger partial charge in [-0.2, -0.15) is 0 Å². The highest BCUT2D eigenvalue weighted by molar-refractivity contribution is 5.96. The van der Waals surface area contributed by atoms with E-state index in [1.54, 1.807) is 6.92 Å². The third kappa shape index (κ3) is 3.13. The smallest absolute Gasteiger partial charge is 0.312 e. The normalized spacial score (nSPS) is 48.5. The third-order valence-electron chi connectivity index (χ3n) is 12.4. The Hall–Kier alpha value is -2.13. The number of rotatable bonds is 1. The summed E-state index contributed by atoms with van der Waals surface area (Å²) in [6.07, 6.45) is 7.64. The molecule has 6 nitrogen and oxygen atoms in total. The molecule has 0 amide bonds. The number of esters is 1. The van der Waals surface area contributed by atoms with Crippen molar-refractivity contribution in [3.8, 4) is 0 Å². The predicted octanol–water partition coefficient (Wildman–Crippen LogP) is 6.16. The first-order chi connectivity index (χ1) is 17.0. The Labute approximate surface area is 221 Å². The average molecular weight is 510 g/mol. The minimum absolute atomic E-state index is 0.0458. The number of ketones is 1. The largest absolute Gasteiger partial charge is 0.521 e. The van der Waals surface area contributed by atoms with Crippen LogP contribution in [0.1, 0.15) is 92.9 Å². The lowest BCUT2D eigenvalue weighted by molar-refractivity contribution is -0.193. The molecule has 5 aliphatic rings. The Morgan fingerprint density at radius 2 is 1.73 bits per heavy atom. The second-order valence-electron chi connectivity index (χ2n) is 14.6. The summed E-state index contributed by atoms with van der Waals surface area (Å²) in [5, 5.41) is 22.2. The number of nitrogens with zero attached hydrogens (tertiary/aromatic N) is 1. The molecule has 3 saturated carbocycles. The van der Waals surface area contributed by atoms with Gasteiger partial charge in [-0.1, -0.05) is 40.2 Å². The molecule has 0 aliphatic heterocycles. The van der Waals surface area contributed by atoms with Crippen molar-refractivity contribution in [2.45, 2.75) is 98.5 Å². The summed E-state index contributed by atoms with van der Waals surface area (Å²) in [5.41, 5.74) is -2.17. The lowest BCUT2D eigenvalue weighted by Crippen LogP contribution is -2.66. The van der Waals surface area contributed by atoms with Crippen LogP contribution in [0.2, 0.25) is 0 Å². The molecule has 0 radical (unpaired) electrons. The first-order valence-electron chi connectivity index (χ1n) is 13.9. The summed E-state index contributed by atoms with van der Waals surface area (Å²) >= 11 is 0. The fourth-order valence-corrected chi connectivity index (χ4v) is 10.1. The first kappa shape index (κ1) is 26.5. The number of methoxy groups -OCH3 is 1. The van der Waals surface area contributed by atoms with Crippen LogP contribution >= 0.6 is 0 Å². The van der Waals surface area contributed by atoms with Gasteiger partial charge in [0.2, 0.25) is 5.70 Å². The van der Waals surface area contributed by atoms with Crippen LogP contribution in [-0.2, 0) is 14.3 Å². The molecule has 0 heterocycles. The number of allylic oxidation sites excluding steroid dienone is 3. The fourth-order valence-electron chi connectivity index (χ4n) is 10.1. The molecule has 5 rings (SSSR count). The van der Waals surface area contributed by atoms with E-state index in [2.05, 4.69) is 39.5 Å². The number of carbonyl (C=O) groups excluding carboxylic acids is 2. The molecule has 0 saturated heterocycles. The number of carbonyl (C=O) groups is 2. The molecule has 0 spiro atoms. The van der Waals surface area contributed by atoms with Crippen molar-refractivity contribution in [1.82, 2.24) is 0 Å². The van der Waals surface area contributed by atoms with E-state index in [0.29, 0.717) is 12.8 Å².